The van der Waals surface area contributed by atoms with Crippen LogP contribution in [0.15, 0.2) is 59.7 Å². The number of hydrogen-bond donors (Lipinski definition) is 0. The van der Waals surface area contributed by atoms with E-state index in [2.05, 4.69) is 5.10 Å². The number of amides is 1. The van der Waals surface area contributed by atoms with Crippen LogP contribution < -0.4 is 4.74 Å². The molecule has 0 spiro atoms. The Kier molecular flexibility index (Phi) is 6.12. The topological polar surface area (TPSA) is 68.2 Å². The maximum Gasteiger partial charge on any atom is 0.309 e. The lowest BCUT2D eigenvalue weighted by Crippen LogP contribution is -2.32. The average molecular weight is 406 g/mol. The van der Waals surface area contributed by atoms with Crippen LogP contribution >= 0.6 is 0 Å². The van der Waals surface area contributed by atoms with Gasteiger partial charge in [0.05, 0.1) is 24.8 Å². The fourth-order valence-electron chi connectivity index (χ4n) is 4.11. The summed E-state index contributed by atoms with van der Waals surface area (Å²) in [6.45, 7) is -0.284. The molecule has 1 aliphatic carbocycles. The Morgan fingerprint density at radius 1 is 1.03 bits per heavy atom. The number of hydrogen-bond acceptors (Lipinski definition) is 5. The summed E-state index contributed by atoms with van der Waals surface area (Å²) in [5.41, 5.74) is 2.78. The Hall–Kier alpha value is -3.15. The Morgan fingerprint density at radius 2 is 1.73 bits per heavy atom. The number of hydrazone groups is 1. The lowest BCUT2D eigenvalue weighted by molar-refractivity contribution is -0.156. The third-order valence-corrected chi connectivity index (χ3v) is 5.80. The maximum absolute atomic E-state index is 13.0. The number of rotatable bonds is 6. The quantitative estimate of drug-likeness (QED) is 0.677. The first-order valence-electron chi connectivity index (χ1n) is 10.4. The second-order valence-corrected chi connectivity index (χ2v) is 7.73. The molecule has 1 saturated carbocycles. The van der Waals surface area contributed by atoms with E-state index >= 15 is 0 Å². The summed E-state index contributed by atoms with van der Waals surface area (Å²) in [7, 11) is 1.62. The van der Waals surface area contributed by atoms with Gasteiger partial charge in [0.1, 0.15) is 5.75 Å². The number of nitrogens with zero attached hydrogens (tertiary/aromatic N) is 2. The molecule has 4 rings (SSSR count). The molecule has 0 saturated heterocycles. The number of benzene rings is 2. The summed E-state index contributed by atoms with van der Waals surface area (Å²) >= 11 is 0. The van der Waals surface area contributed by atoms with Gasteiger partial charge in [0.25, 0.3) is 5.91 Å². The summed E-state index contributed by atoms with van der Waals surface area (Å²) in [4.78, 5) is 25.2. The van der Waals surface area contributed by atoms with Gasteiger partial charge in [-0.1, -0.05) is 55.3 Å². The van der Waals surface area contributed by atoms with Crippen LogP contribution in [0.3, 0.4) is 0 Å². The van der Waals surface area contributed by atoms with E-state index in [4.69, 9.17) is 9.47 Å². The smallest absolute Gasteiger partial charge is 0.309 e. The highest BCUT2D eigenvalue weighted by Crippen LogP contribution is 2.34. The zero-order chi connectivity index (χ0) is 20.9. The van der Waals surface area contributed by atoms with Crippen LogP contribution in [0.1, 0.15) is 49.3 Å². The van der Waals surface area contributed by atoms with Gasteiger partial charge in [-0.15, -0.1) is 0 Å². The van der Waals surface area contributed by atoms with Crippen LogP contribution in [0.25, 0.3) is 0 Å². The van der Waals surface area contributed by atoms with Crippen LogP contribution in [0, 0.1) is 5.92 Å². The molecule has 2 aliphatic rings. The van der Waals surface area contributed by atoms with E-state index in [0.29, 0.717) is 6.42 Å². The highest BCUT2D eigenvalue weighted by atomic mass is 16.5. The van der Waals surface area contributed by atoms with Crippen molar-refractivity contribution in [1.82, 2.24) is 5.01 Å². The maximum atomic E-state index is 13.0. The van der Waals surface area contributed by atoms with E-state index in [0.717, 1.165) is 48.3 Å². The van der Waals surface area contributed by atoms with E-state index in [9.17, 15) is 9.59 Å². The molecule has 1 amide bonds. The second kappa shape index (κ2) is 9.11. The average Bonchev–Trinajstić information content (AvgIpc) is 3.48. The van der Waals surface area contributed by atoms with Crippen molar-refractivity contribution in [2.24, 2.45) is 11.0 Å². The van der Waals surface area contributed by atoms with Gasteiger partial charge in [0.15, 0.2) is 6.61 Å². The molecule has 30 heavy (non-hydrogen) atoms. The molecule has 1 atom stereocenters. The van der Waals surface area contributed by atoms with Crippen LogP contribution in [0.2, 0.25) is 0 Å². The molecule has 6 heteroatoms. The van der Waals surface area contributed by atoms with Crippen molar-refractivity contribution >= 4 is 17.6 Å². The van der Waals surface area contributed by atoms with E-state index < -0.39 is 0 Å². The number of esters is 1. The predicted octanol–water partition coefficient (Wildman–Crippen LogP) is 4.11. The zero-order valence-electron chi connectivity index (χ0n) is 17.1. The zero-order valence-corrected chi connectivity index (χ0v) is 17.1. The van der Waals surface area contributed by atoms with Crippen molar-refractivity contribution < 1.29 is 19.1 Å². The molecule has 1 aliphatic heterocycles. The van der Waals surface area contributed by atoms with Gasteiger partial charge in [-0.2, -0.15) is 5.10 Å². The largest absolute Gasteiger partial charge is 0.497 e. The number of ether oxygens (including phenoxy) is 2. The Bertz CT molecular complexity index is 918. The number of carbonyl (C=O) groups excluding carboxylic acids is 2. The molecule has 0 aromatic heterocycles. The first kappa shape index (κ1) is 20.1. The lowest BCUT2D eigenvalue weighted by atomic mass is 9.98. The van der Waals surface area contributed by atoms with Gasteiger partial charge in [0.2, 0.25) is 0 Å². The molecule has 2 aromatic carbocycles. The van der Waals surface area contributed by atoms with Gasteiger partial charge >= 0.3 is 5.97 Å². The van der Waals surface area contributed by atoms with Crippen molar-refractivity contribution in [2.75, 3.05) is 13.7 Å². The number of methoxy groups -OCH3 is 1. The fourth-order valence-corrected chi connectivity index (χ4v) is 4.11. The third kappa shape index (κ3) is 4.37. The van der Waals surface area contributed by atoms with Crippen molar-refractivity contribution in [3.8, 4) is 5.75 Å². The summed E-state index contributed by atoms with van der Waals surface area (Å²) in [5, 5.41) is 6.08. The van der Waals surface area contributed by atoms with Gasteiger partial charge in [-0.25, -0.2) is 5.01 Å². The molecule has 0 N–H and O–H groups in total. The summed E-state index contributed by atoms with van der Waals surface area (Å²) < 4.78 is 10.6. The van der Waals surface area contributed by atoms with Crippen molar-refractivity contribution in [1.29, 1.82) is 0 Å². The van der Waals surface area contributed by atoms with Gasteiger partial charge < -0.3 is 9.47 Å². The van der Waals surface area contributed by atoms with Crippen LogP contribution in [0.5, 0.6) is 5.75 Å². The van der Waals surface area contributed by atoms with Crippen molar-refractivity contribution in [3.05, 3.63) is 65.7 Å². The predicted molar refractivity (Wildman–Crippen MR) is 113 cm³/mol. The van der Waals surface area contributed by atoms with Gasteiger partial charge in [-0.05, 0) is 36.1 Å². The normalized spacial score (nSPS) is 18.9. The van der Waals surface area contributed by atoms with E-state index in [1.807, 2.05) is 54.6 Å². The number of carbonyl (C=O) groups is 2. The fraction of sp³-hybridized carbons (Fsp3) is 0.375. The summed E-state index contributed by atoms with van der Waals surface area (Å²) in [6, 6.07) is 17.2. The Balaban J connectivity index is 1.52. The standard InChI is InChI=1S/C24H26N2O4/c1-29-20-13-11-18(12-14-20)22-15-21(17-7-3-2-4-8-17)25-26(22)23(27)16-30-24(28)19-9-5-6-10-19/h2-4,7-8,11-14,19,22H,5-6,9-10,15-16H2,1H3/t22-/m1/s1. The molecule has 2 aromatic rings. The van der Waals surface area contributed by atoms with Crippen LogP contribution in [-0.2, 0) is 14.3 Å². The van der Waals surface area contributed by atoms with Crippen molar-refractivity contribution in [3.63, 3.8) is 0 Å². The van der Waals surface area contributed by atoms with E-state index in [1.54, 1.807) is 7.11 Å². The first-order chi connectivity index (χ1) is 14.7. The minimum Gasteiger partial charge on any atom is -0.497 e. The van der Waals surface area contributed by atoms with Gasteiger partial charge in [0, 0.05) is 6.42 Å². The molecule has 0 unspecified atom stereocenters. The van der Waals surface area contributed by atoms with Crippen LogP contribution in [0.4, 0.5) is 0 Å². The van der Waals surface area contributed by atoms with Gasteiger partial charge in [-0.3, -0.25) is 9.59 Å². The van der Waals surface area contributed by atoms with E-state index in [-0.39, 0.29) is 30.4 Å². The molecule has 156 valence electrons. The minimum absolute atomic E-state index is 0.0721. The Labute approximate surface area is 176 Å². The first-order valence-corrected chi connectivity index (χ1v) is 10.4. The molecule has 0 radical (unpaired) electrons. The minimum atomic E-state index is -0.312. The molecular formula is C24H26N2O4. The monoisotopic (exact) mass is 406 g/mol. The molecule has 6 nitrogen and oxygen atoms in total. The summed E-state index contributed by atoms with van der Waals surface area (Å²) in [5.74, 6) is 0.0999. The van der Waals surface area contributed by atoms with Crippen molar-refractivity contribution in [2.45, 2.75) is 38.1 Å². The summed E-state index contributed by atoms with van der Waals surface area (Å²) in [6.07, 6.45) is 4.38. The lowest BCUT2D eigenvalue weighted by Gasteiger charge is -2.22. The SMILES string of the molecule is COc1ccc([C@H]2CC(c3ccccc3)=NN2C(=O)COC(=O)C2CCCC2)cc1. The highest BCUT2D eigenvalue weighted by molar-refractivity contribution is 6.03. The molecule has 1 fully saturated rings. The molecule has 1 heterocycles. The molecular weight excluding hydrogens is 380 g/mol. The van der Waals surface area contributed by atoms with E-state index in [1.165, 1.54) is 5.01 Å². The highest BCUT2D eigenvalue weighted by Gasteiger charge is 2.34. The Morgan fingerprint density at radius 3 is 2.40 bits per heavy atom. The molecule has 0 bridgehead atoms. The third-order valence-electron chi connectivity index (χ3n) is 5.80. The second-order valence-electron chi connectivity index (χ2n) is 7.73. The van der Waals surface area contributed by atoms with Crippen LogP contribution in [-0.4, -0.2) is 36.3 Å².